The molecule has 1 aliphatic rings. The number of anilines is 1. The predicted molar refractivity (Wildman–Crippen MR) is 96.9 cm³/mol. The number of ether oxygens (including phenoxy) is 1. The summed E-state index contributed by atoms with van der Waals surface area (Å²) in [5.74, 6) is -0.0137. The number of rotatable bonds is 8. The van der Waals surface area contributed by atoms with Crippen LogP contribution < -0.4 is 11.1 Å². The van der Waals surface area contributed by atoms with Gasteiger partial charge in [0.2, 0.25) is 6.41 Å². The van der Waals surface area contributed by atoms with Crippen molar-refractivity contribution in [2.24, 2.45) is 10.9 Å². The van der Waals surface area contributed by atoms with E-state index in [0.29, 0.717) is 6.41 Å². The molecule has 28 heavy (non-hydrogen) atoms. The molecule has 4 atom stereocenters. The lowest BCUT2D eigenvalue weighted by Crippen LogP contribution is -2.33. The number of hydrogen-bond donors (Lipinski definition) is 5. The van der Waals surface area contributed by atoms with Gasteiger partial charge in [-0.1, -0.05) is 35.5 Å². The fraction of sp³-hybridized carbons (Fsp3) is 0.353. The van der Waals surface area contributed by atoms with Crippen LogP contribution in [0, 0.1) is 0 Å². The van der Waals surface area contributed by atoms with E-state index in [2.05, 4.69) is 15.5 Å². The van der Waals surface area contributed by atoms with Crippen molar-refractivity contribution in [3.8, 4) is 0 Å². The lowest BCUT2D eigenvalue weighted by atomic mass is 10.1. The van der Waals surface area contributed by atoms with Crippen LogP contribution >= 0.6 is 0 Å². The Morgan fingerprint density at radius 3 is 2.75 bits per heavy atom. The third-order valence-electron chi connectivity index (χ3n) is 4.26. The number of aromatic nitrogens is 2. The highest BCUT2D eigenvalue weighted by atomic mass is 16.6. The SMILES string of the molecule is N/C(=N\OCc1ccccc1)c1ncn(C2OC(CO)C(O)C2O)c1NC=O. The van der Waals surface area contributed by atoms with Gasteiger partial charge >= 0.3 is 0 Å². The van der Waals surface area contributed by atoms with Gasteiger partial charge in [0.25, 0.3) is 0 Å². The molecular formula is C17H21N5O6. The van der Waals surface area contributed by atoms with Crippen LogP contribution in [0.1, 0.15) is 17.5 Å². The number of carbonyl (C=O) groups is 1. The minimum Gasteiger partial charge on any atom is -0.394 e. The maximum Gasteiger partial charge on any atom is 0.212 e. The topological polar surface area (TPSA) is 164 Å². The number of hydrogen-bond acceptors (Lipinski definition) is 8. The number of amidine groups is 1. The van der Waals surface area contributed by atoms with Crippen LogP contribution in [0.4, 0.5) is 5.82 Å². The van der Waals surface area contributed by atoms with Crippen molar-refractivity contribution in [1.29, 1.82) is 0 Å². The predicted octanol–water partition coefficient (Wildman–Crippen LogP) is -1.10. The fourth-order valence-electron chi connectivity index (χ4n) is 2.84. The largest absolute Gasteiger partial charge is 0.394 e. The van der Waals surface area contributed by atoms with Crippen molar-refractivity contribution in [2.75, 3.05) is 11.9 Å². The Labute approximate surface area is 160 Å². The van der Waals surface area contributed by atoms with Crippen molar-refractivity contribution in [3.63, 3.8) is 0 Å². The highest BCUT2D eigenvalue weighted by Crippen LogP contribution is 2.32. The number of aliphatic hydroxyl groups excluding tert-OH is 3. The van der Waals surface area contributed by atoms with Gasteiger partial charge in [-0.15, -0.1) is 0 Å². The molecule has 0 bridgehead atoms. The zero-order valence-electron chi connectivity index (χ0n) is 14.8. The number of benzene rings is 1. The van der Waals surface area contributed by atoms with Gasteiger partial charge in [-0.3, -0.25) is 9.36 Å². The molecule has 0 saturated carbocycles. The van der Waals surface area contributed by atoms with Crippen molar-refractivity contribution in [2.45, 2.75) is 31.1 Å². The molecule has 1 aromatic carbocycles. The van der Waals surface area contributed by atoms with E-state index in [1.807, 2.05) is 30.3 Å². The summed E-state index contributed by atoms with van der Waals surface area (Å²) < 4.78 is 6.73. The van der Waals surface area contributed by atoms with Gasteiger partial charge in [-0.05, 0) is 5.56 Å². The first-order valence-electron chi connectivity index (χ1n) is 8.46. The van der Waals surface area contributed by atoms with E-state index in [4.69, 9.17) is 15.3 Å². The molecule has 3 rings (SSSR count). The molecule has 1 saturated heterocycles. The molecule has 11 nitrogen and oxygen atoms in total. The third kappa shape index (κ3) is 3.97. The molecular weight excluding hydrogens is 370 g/mol. The maximum absolute atomic E-state index is 11.0. The average Bonchev–Trinajstić information content (AvgIpc) is 3.24. The van der Waals surface area contributed by atoms with E-state index in [9.17, 15) is 20.1 Å². The van der Waals surface area contributed by atoms with E-state index in [-0.39, 0.29) is 24.0 Å². The van der Waals surface area contributed by atoms with Gasteiger partial charge in [-0.25, -0.2) is 4.98 Å². The molecule has 4 unspecified atom stereocenters. The Morgan fingerprint density at radius 1 is 1.36 bits per heavy atom. The van der Waals surface area contributed by atoms with Crippen LogP contribution in [0.15, 0.2) is 41.8 Å². The summed E-state index contributed by atoms with van der Waals surface area (Å²) in [6.07, 6.45) is -3.05. The molecule has 6 N–H and O–H groups in total. The number of imidazole rings is 1. The Kier molecular flexibility index (Phi) is 6.21. The number of carbonyl (C=O) groups excluding carboxylic acids is 1. The number of amides is 1. The first-order valence-corrected chi connectivity index (χ1v) is 8.46. The van der Waals surface area contributed by atoms with Crippen LogP contribution in [0.3, 0.4) is 0 Å². The summed E-state index contributed by atoms with van der Waals surface area (Å²) in [6, 6.07) is 9.33. The fourth-order valence-corrected chi connectivity index (χ4v) is 2.84. The zero-order valence-corrected chi connectivity index (χ0v) is 14.8. The minimum absolute atomic E-state index is 0.0920. The van der Waals surface area contributed by atoms with E-state index in [1.165, 1.54) is 10.9 Å². The van der Waals surface area contributed by atoms with Gasteiger partial charge in [0.1, 0.15) is 30.7 Å². The lowest BCUT2D eigenvalue weighted by Gasteiger charge is -2.18. The molecule has 11 heteroatoms. The molecule has 150 valence electrons. The standard InChI is InChI=1S/C17H21N5O6/c18-15(21-27-7-10-4-2-1-3-5-10)12-16(20-9-24)22(8-19-12)17-14(26)13(25)11(6-23)28-17/h1-5,8-9,11,13-14,17,23,25-26H,6-7H2,(H2,18,21)(H,20,24). The Balaban J connectivity index is 1.80. The smallest absolute Gasteiger partial charge is 0.212 e. The Hall–Kier alpha value is -2.99. The van der Waals surface area contributed by atoms with Gasteiger partial charge in [-0.2, -0.15) is 0 Å². The van der Waals surface area contributed by atoms with Gasteiger partial charge < -0.3 is 35.9 Å². The molecule has 1 aromatic heterocycles. The zero-order chi connectivity index (χ0) is 20.1. The van der Waals surface area contributed by atoms with Crippen molar-refractivity contribution >= 4 is 18.1 Å². The molecule has 0 aliphatic carbocycles. The lowest BCUT2D eigenvalue weighted by molar-refractivity contribution is -0.105. The number of aliphatic hydroxyl groups is 3. The van der Waals surface area contributed by atoms with E-state index in [0.717, 1.165) is 5.56 Å². The van der Waals surface area contributed by atoms with Crippen LogP contribution in [0.2, 0.25) is 0 Å². The highest BCUT2D eigenvalue weighted by Gasteiger charge is 2.44. The average molecular weight is 391 g/mol. The van der Waals surface area contributed by atoms with Crippen molar-refractivity contribution in [3.05, 3.63) is 47.9 Å². The van der Waals surface area contributed by atoms with Gasteiger partial charge in [0.15, 0.2) is 17.8 Å². The number of nitrogens with one attached hydrogen (secondary N) is 1. The summed E-state index contributed by atoms with van der Waals surface area (Å²) in [5, 5.41) is 35.6. The minimum atomic E-state index is -1.35. The molecule has 1 amide bonds. The number of nitrogens with two attached hydrogens (primary N) is 1. The second-order valence-corrected chi connectivity index (χ2v) is 6.08. The van der Waals surface area contributed by atoms with Gasteiger partial charge in [0.05, 0.1) is 12.9 Å². The summed E-state index contributed by atoms with van der Waals surface area (Å²) in [4.78, 5) is 20.3. The second-order valence-electron chi connectivity index (χ2n) is 6.08. The Bertz CT molecular complexity index is 827. The first-order chi connectivity index (χ1) is 13.6. The maximum atomic E-state index is 11.0. The molecule has 2 heterocycles. The molecule has 0 spiro atoms. The normalized spacial score (nSPS) is 24.9. The van der Waals surface area contributed by atoms with Crippen LogP contribution in [0.5, 0.6) is 0 Å². The monoisotopic (exact) mass is 391 g/mol. The molecule has 0 radical (unpaired) electrons. The van der Waals surface area contributed by atoms with Crippen LogP contribution in [-0.4, -0.2) is 62.0 Å². The number of oxime groups is 1. The first kappa shape index (κ1) is 19.8. The van der Waals surface area contributed by atoms with E-state index in [1.54, 1.807) is 0 Å². The summed E-state index contributed by atoms with van der Waals surface area (Å²) >= 11 is 0. The van der Waals surface area contributed by atoms with Crippen molar-refractivity contribution in [1.82, 2.24) is 9.55 Å². The third-order valence-corrected chi connectivity index (χ3v) is 4.26. The van der Waals surface area contributed by atoms with Crippen LogP contribution in [-0.2, 0) is 21.0 Å². The number of nitrogens with zero attached hydrogens (tertiary/aromatic N) is 3. The molecule has 1 aliphatic heterocycles. The summed E-state index contributed by atoms with van der Waals surface area (Å²) in [6.45, 7) is -0.294. The van der Waals surface area contributed by atoms with E-state index < -0.39 is 31.1 Å². The van der Waals surface area contributed by atoms with E-state index >= 15 is 0 Å². The van der Waals surface area contributed by atoms with Crippen LogP contribution in [0.25, 0.3) is 0 Å². The Morgan fingerprint density at radius 2 is 2.11 bits per heavy atom. The highest BCUT2D eigenvalue weighted by molar-refractivity contribution is 6.01. The summed E-state index contributed by atoms with van der Waals surface area (Å²) in [5.41, 5.74) is 6.90. The second kappa shape index (κ2) is 8.80. The van der Waals surface area contributed by atoms with Crippen molar-refractivity contribution < 1.29 is 29.7 Å². The molecule has 2 aromatic rings. The quantitative estimate of drug-likeness (QED) is 0.164. The van der Waals surface area contributed by atoms with Gasteiger partial charge in [0, 0.05) is 0 Å². The summed E-state index contributed by atoms with van der Waals surface area (Å²) in [7, 11) is 0. The molecule has 1 fully saturated rings.